The standard InChI is InChI=1S/C10H17NO2S/c1-10(12,8-11)4-6-14-7-9-3-2-5-13-9/h2-3,5,12H,4,6-8,11H2,1H3. The van der Waals surface area contributed by atoms with E-state index in [2.05, 4.69) is 0 Å². The molecule has 1 aromatic rings. The highest BCUT2D eigenvalue weighted by molar-refractivity contribution is 7.98. The summed E-state index contributed by atoms with van der Waals surface area (Å²) < 4.78 is 5.18. The second-order valence-corrected chi connectivity index (χ2v) is 4.69. The van der Waals surface area contributed by atoms with Gasteiger partial charge in [-0.2, -0.15) is 11.8 Å². The van der Waals surface area contributed by atoms with E-state index in [4.69, 9.17) is 10.2 Å². The molecule has 0 amide bonds. The quantitative estimate of drug-likeness (QED) is 0.708. The molecule has 14 heavy (non-hydrogen) atoms. The van der Waals surface area contributed by atoms with Crippen LogP contribution in [0.2, 0.25) is 0 Å². The van der Waals surface area contributed by atoms with Crippen molar-refractivity contribution < 1.29 is 9.52 Å². The van der Waals surface area contributed by atoms with E-state index in [1.807, 2.05) is 12.1 Å². The molecule has 0 saturated carbocycles. The van der Waals surface area contributed by atoms with Crippen molar-refractivity contribution in [1.29, 1.82) is 0 Å². The van der Waals surface area contributed by atoms with E-state index in [1.54, 1.807) is 24.9 Å². The first-order valence-electron chi connectivity index (χ1n) is 4.67. The molecule has 3 nitrogen and oxygen atoms in total. The van der Waals surface area contributed by atoms with Gasteiger partial charge in [0.2, 0.25) is 0 Å². The predicted molar refractivity (Wildman–Crippen MR) is 59.2 cm³/mol. The minimum absolute atomic E-state index is 0.314. The molecule has 3 N–H and O–H groups in total. The second-order valence-electron chi connectivity index (χ2n) is 3.58. The van der Waals surface area contributed by atoms with Gasteiger partial charge in [-0.1, -0.05) is 0 Å². The number of nitrogens with two attached hydrogens (primary N) is 1. The summed E-state index contributed by atoms with van der Waals surface area (Å²) in [6, 6.07) is 3.83. The molecule has 0 aliphatic heterocycles. The van der Waals surface area contributed by atoms with E-state index < -0.39 is 5.60 Å². The van der Waals surface area contributed by atoms with E-state index in [9.17, 15) is 5.11 Å². The summed E-state index contributed by atoms with van der Waals surface area (Å²) in [4.78, 5) is 0. The molecule has 0 aliphatic rings. The monoisotopic (exact) mass is 215 g/mol. The van der Waals surface area contributed by atoms with E-state index in [0.29, 0.717) is 6.54 Å². The Bertz CT molecular complexity index is 247. The van der Waals surface area contributed by atoms with E-state index in [0.717, 1.165) is 23.7 Å². The number of rotatable bonds is 6. The van der Waals surface area contributed by atoms with Gasteiger partial charge in [0, 0.05) is 6.54 Å². The highest BCUT2D eigenvalue weighted by Crippen LogP contribution is 2.17. The maximum absolute atomic E-state index is 9.62. The lowest BCUT2D eigenvalue weighted by molar-refractivity contribution is 0.0665. The van der Waals surface area contributed by atoms with Crippen molar-refractivity contribution >= 4 is 11.8 Å². The van der Waals surface area contributed by atoms with Gasteiger partial charge in [0.05, 0.1) is 17.6 Å². The first kappa shape index (κ1) is 11.6. The molecule has 1 atom stereocenters. The van der Waals surface area contributed by atoms with Crippen molar-refractivity contribution in [2.45, 2.75) is 24.7 Å². The highest BCUT2D eigenvalue weighted by atomic mass is 32.2. The maximum Gasteiger partial charge on any atom is 0.113 e. The average molecular weight is 215 g/mol. The SMILES string of the molecule is CC(O)(CN)CCSCc1ccco1. The van der Waals surface area contributed by atoms with Crippen LogP contribution in [-0.2, 0) is 5.75 Å². The lowest BCUT2D eigenvalue weighted by atomic mass is 10.1. The van der Waals surface area contributed by atoms with Crippen LogP contribution in [-0.4, -0.2) is 23.0 Å². The first-order valence-corrected chi connectivity index (χ1v) is 5.82. The molecule has 0 bridgehead atoms. The summed E-state index contributed by atoms with van der Waals surface area (Å²) >= 11 is 1.74. The highest BCUT2D eigenvalue weighted by Gasteiger charge is 2.16. The van der Waals surface area contributed by atoms with Crippen LogP contribution >= 0.6 is 11.8 Å². The number of hydrogen-bond acceptors (Lipinski definition) is 4. The molecular formula is C10H17NO2S. The lowest BCUT2D eigenvalue weighted by Crippen LogP contribution is -2.34. The Labute approximate surface area is 88.7 Å². The fourth-order valence-corrected chi connectivity index (χ4v) is 2.06. The molecule has 0 aliphatic carbocycles. The summed E-state index contributed by atoms with van der Waals surface area (Å²) in [5.74, 6) is 2.72. The Morgan fingerprint density at radius 1 is 1.64 bits per heavy atom. The third-order valence-corrected chi connectivity index (χ3v) is 3.03. The summed E-state index contributed by atoms with van der Waals surface area (Å²) in [5, 5.41) is 9.62. The van der Waals surface area contributed by atoms with Crippen LogP contribution in [0.25, 0.3) is 0 Å². The average Bonchev–Trinajstić information content (AvgIpc) is 2.65. The summed E-state index contributed by atoms with van der Waals surface area (Å²) in [7, 11) is 0. The summed E-state index contributed by atoms with van der Waals surface area (Å²) in [5.41, 5.74) is 4.68. The molecule has 0 radical (unpaired) electrons. The van der Waals surface area contributed by atoms with Crippen molar-refractivity contribution in [3.05, 3.63) is 24.2 Å². The number of aliphatic hydroxyl groups is 1. The minimum atomic E-state index is -0.726. The molecule has 1 heterocycles. The normalized spacial score (nSPS) is 15.4. The molecule has 4 heteroatoms. The molecule has 1 rings (SSSR count). The van der Waals surface area contributed by atoms with Crippen molar-refractivity contribution in [3.8, 4) is 0 Å². The topological polar surface area (TPSA) is 59.4 Å². The maximum atomic E-state index is 9.62. The second kappa shape index (κ2) is 5.44. The number of thioether (sulfide) groups is 1. The first-order chi connectivity index (χ1) is 6.64. The van der Waals surface area contributed by atoms with Gasteiger partial charge in [-0.3, -0.25) is 0 Å². The summed E-state index contributed by atoms with van der Waals surface area (Å²) in [6.07, 6.45) is 2.39. The Morgan fingerprint density at radius 2 is 2.43 bits per heavy atom. The van der Waals surface area contributed by atoms with Crippen LogP contribution < -0.4 is 5.73 Å². The molecule has 80 valence electrons. The fraction of sp³-hybridized carbons (Fsp3) is 0.600. The molecular weight excluding hydrogens is 198 g/mol. The van der Waals surface area contributed by atoms with Gasteiger partial charge in [0.25, 0.3) is 0 Å². The van der Waals surface area contributed by atoms with Crippen molar-refractivity contribution in [2.75, 3.05) is 12.3 Å². The van der Waals surface area contributed by atoms with Gasteiger partial charge >= 0.3 is 0 Å². The van der Waals surface area contributed by atoms with Gasteiger partial charge < -0.3 is 15.3 Å². The fourth-order valence-electron chi connectivity index (χ4n) is 0.962. The third-order valence-electron chi connectivity index (χ3n) is 2.05. The molecule has 0 saturated heterocycles. The molecule has 0 spiro atoms. The largest absolute Gasteiger partial charge is 0.468 e. The van der Waals surface area contributed by atoms with Gasteiger partial charge in [0.1, 0.15) is 5.76 Å². The predicted octanol–water partition coefficient (Wildman–Crippen LogP) is 1.61. The molecule has 0 fully saturated rings. The smallest absolute Gasteiger partial charge is 0.113 e. The summed E-state index contributed by atoms with van der Waals surface area (Å²) in [6.45, 7) is 2.08. The van der Waals surface area contributed by atoms with E-state index in [-0.39, 0.29) is 0 Å². The Hall–Kier alpha value is -0.450. The van der Waals surface area contributed by atoms with Crippen molar-refractivity contribution in [3.63, 3.8) is 0 Å². The van der Waals surface area contributed by atoms with Gasteiger partial charge in [-0.15, -0.1) is 0 Å². The zero-order valence-electron chi connectivity index (χ0n) is 8.40. The minimum Gasteiger partial charge on any atom is -0.468 e. The number of hydrogen-bond donors (Lipinski definition) is 2. The Morgan fingerprint density at radius 3 is 3.00 bits per heavy atom. The Kier molecular flexibility index (Phi) is 4.51. The van der Waals surface area contributed by atoms with Crippen LogP contribution in [0.4, 0.5) is 0 Å². The van der Waals surface area contributed by atoms with Crippen LogP contribution in [0.1, 0.15) is 19.1 Å². The Balaban J connectivity index is 2.11. The van der Waals surface area contributed by atoms with E-state index in [1.165, 1.54) is 0 Å². The molecule has 1 unspecified atom stereocenters. The number of furan rings is 1. The van der Waals surface area contributed by atoms with Gasteiger partial charge in [0.15, 0.2) is 0 Å². The van der Waals surface area contributed by atoms with Crippen molar-refractivity contribution in [1.82, 2.24) is 0 Å². The van der Waals surface area contributed by atoms with Crippen molar-refractivity contribution in [2.24, 2.45) is 5.73 Å². The zero-order valence-corrected chi connectivity index (χ0v) is 9.22. The van der Waals surface area contributed by atoms with Crippen LogP contribution in [0, 0.1) is 0 Å². The van der Waals surface area contributed by atoms with Crippen LogP contribution in [0.5, 0.6) is 0 Å². The van der Waals surface area contributed by atoms with Crippen LogP contribution in [0.3, 0.4) is 0 Å². The lowest BCUT2D eigenvalue weighted by Gasteiger charge is -2.20. The van der Waals surface area contributed by atoms with Gasteiger partial charge in [-0.25, -0.2) is 0 Å². The zero-order chi connectivity index (χ0) is 10.4. The molecule has 1 aromatic heterocycles. The van der Waals surface area contributed by atoms with E-state index >= 15 is 0 Å². The van der Waals surface area contributed by atoms with Crippen LogP contribution in [0.15, 0.2) is 22.8 Å². The molecule has 0 aromatic carbocycles. The third kappa shape index (κ3) is 4.17. The van der Waals surface area contributed by atoms with Gasteiger partial charge in [-0.05, 0) is 31.2 Å².